The molecule has 3 aromatic carbocycles. The lowest BCUT2D eigenvalue weighted by Crippen LogP contribution is -2.30. The van der Waals surface area contributed by atoms with Crippen molar-refractivity contribution in [2.75, 3.05) is 9.80 Å². The minimum absolute atomic E-state index is 0.436. The second-order valence-corrected chi connectivity index (χ2v) is 10.6. The maximum absolute atomic E-state index is 2.50. The molecule has 0 fully saturated rings. The first-order valence-corrected chi connectivity index (χ1v) is 13.2. The van der Waals surface area contributed by atoms with E-state index in [9.17, 15) is 0 Å². The number of hydrogen-bond acceptors (Lipinski definition) is 2. The van der Waals surface area contributed by atoms with Crippen molar-refractivity contribution in [1.29, 1.82) is 0 Å². The third-order valence-electron chi connectivity index (χ3n) is 6.68. The number of rotatable bonds is 12. The first kappa shape index (κ1) is 25.9. The molecule has 182 valence electrons. The minimum Gasteiger partial charge on any atom is -0.339 e. The van der Waals surface area contributed by atoms with Gasteiger partial charge in [0, 0.05) is 34.8 Å². The highest BCUT2D eigenvalue weighted by atomic mass is 15.2. The molecule has 0 amide bonds. The standard InChI is InChI=1S/C32H44N2/c1-25(2)17-19-27(5)33(29-13-9-7-10-14-29)31-21-23-32(24-22-31)34(28(6)20-18-26(3)4)30-15-11-8-12-16-30/h7-16,21-28H,17-20H2,1-6H3. The summed E-state index contributed by atoms with van der Waals surface area (Å²) in [5.74, 6) is 1.43. The van der Waals surface area contributed by atoms with E-state index in [1.807, 2.05) is 0 Å². The first-order valence-electron chi connectivity index (χ1n) is 13.2. The van der Waals surface area contributed by atoms with Gasteiger partial charge in [-0.25, -0.2) is 0 Å². The van der Waals surface area contributed by atoms with Crippen molar-refractivity contribution < 1.29 is 0 Å². The zero-order valence-corrected chi connectivity index (χ0v) is 22.1. The van der Waals surface area contributed by atoms with Gasteiger partial charge in [0.1, 0.15) is 0 Å². The molecule has 34 heavy (non-hydrogen) atoms. The van der Waals surface area contributed by atoms with Gasteiger partial charge < -0.3 is 9.80 Å². The van der Waals surface area contributed by atoms with Crippen LogP contribution in [0, 0.1) is 11.8 Å². The van der Waals surface area contributed by atoms with Gasteiger partial charge in [-0.3, -0.25) is 0 Å². The topological polar surface area (TPSA) is 6.48 Å². The fraction of sp³-hybridized carbons (Fsp3) is 0.438. The summed E-state index contributed by atoms with van der Waals surface area (Å²) in [5, 5.41) is 0. The number of nitrogens with zero attached hydrogens (tertiary/aromatic N) is 2. The Balaban J connectivity index is 1.91. The maximum Gasteiger partial charge on any atom is 0.0414 e. The van der Waals surface area contributed by atoms with E-state index in [0.717, 1.165) is 0 Å². The Morgan fingerprint density at radius 2 is 0.706 bits per heavy atom. The molecule has 0 bridgehead atoms. The van der Waals surface area contributed by atoms with E-state index in [1.165, 1.54) is 48.4 Å². The van der Waals surface area contributed by atoms with Gasteiger partial charge in [-0.15, -0.1) is 0 Å². The van der Waals surface area contributed by atoms with E-state index in [0.29, 0.717) is 23.9 Å². The summed E-state index contributed by atoms with van der Waals surface area (Å²) in [5.41, 5.74) is 5.04. The summed E-state index contributed by atoms with van der Waals surface area (Å²) >= 11 is 0. The van der Waals surface area contributed by atoms with Gasteiger partial charge in [0.2, 0.25) is 0 Å². The zero-order valence-electron chi connectivity index (χ0n) is 22.1. The molecule has 2 nitrogen and oxygen atoms in total. The maximum atomic E-state index is 2.50. The molecule has 2 heteroatoms. The van der Waals surface area contributed by atoms with Crippen LogP contribution in [0.5, 0.6) is 0 Å². The predicted molar refractivity (Wildman–Crippen MR) is 151 cm³/mol. The van der Waals surface area contributed by atoms with Gasteiger partial charge >= 0.3 is 0 Å². The lowest BCUT2D eigenvalue weighted by Gasteiger charge is -2.34. The van der Waals surface area contributed by atoms with Crippen LogP contribution in [0.3, 0.4) is 0 Å². The highest BCUT2D eigenvalue weighted by Gasteiger charge is 2.20. The van der Waals surface area contributed by atoms with Crippen molar-refractivity contribution in [3.63, 3.8) is 0 Å². The Labute approximate surface area is 208 Å². The quantitative estimate of drug-likeness (QED) is 0.268. The van der Waals surface area contributed by atoms with Gasteiger partial charge in [0.05, 0.1) is 0 Å². The van der Waals surface area contributed by atoms with Crippen LogP contribution in [0.25, 0.3) is 0 Å². The van der Waals surface area contributed by atoms with Crippen LogP contribution in [0.1, 0.15) is 67.2 Å². The molecule has 0 spiro atoms. The molecule has 2 atom stereocenters. The fourth-order valence-corrected chi connectivity index (χ4v) is 4.67. The molecule has 0 aliphatic rings. The van der Waals surface area contributed by atoms with Gasteiger partial charge in [-0.05, 0) is 99.9 Å². The predicted octanol–water partition coefficient (Wildman–Crippen LogP) is 9.61. The second kappa shape index (κ2) is 12.6. The molecule has 0 saturated carbocycles. The van der Waals surface area contributed by atoms with Crippen molar-refractivity contribution in [2.45, 2.75) is 79.3 Å². The third-order valence-corrected chi connectivity index (χ3v) is 6.68. The average Bonchev–Trinajstić information content (AvgIpc) is 2.84. The van der Waals surface area contributed by atoms with Crippen molar-refractivity contribution in [2.24, 2.45) is 11.8 Å². The smallest absolute Gasteiger partial charge is 0.0414 e. The first-order chi connectivity index (χ1) is 16.4. The molecule has 2 unspecified atom stereocenters. The largest absolute Gasteiger partial charge is 0.339 e. The van der Waals surface area contributed by atoms with E-state index in [4.69, 9.17) is 0 Å². The Morgan fingerprint density at radius 1 is 0.412 bits per heavy atom. The molecular weight excluding hydrogens is 412 g/mol. The second-order valence-electron chi connectivity index (χ2n) is 10.6. The Hall–Kier alpha value is -2.74. The minimum atomic E-state index is 0.436. The van der Waals surface area contributed by atoms with Crippen LogP contribution in [0.15, 0.2) is 84.9 Å². The monoisotopic (exact) mass is 456 g/mol. The van der Waals surface area contributed by atoms with Crippen molar-refractivity contribution >= 4 is 22.7 Å². The van der Waals surface area contributed by atoms with Crippen LogP contribution in [-0.2, 0) is 0 Å². The SMILES string of the molecule is CC(C)CCC(C)N(c1ccccc1)c1ccc(N(c2ccccc2)C(C)CCC(C)C)cc1. The summed E-state index contributed by atoms with van der Waals surface area (Å²) in [6.07, 6.45) is 4.82. The summed E-state index contributed by atoms with van der Waals surface area (Å²) in [7, 11) is 0. The molecule has 0 radical (unpaired) electrons. The Morgan fingerprint density at radius 3 is 1.00 bits per heavy atom. The van der Waals surface area contributed by atoms with Crippen LogP contribution >= 0.6 is 0 Å². The van der Waals surface area contributed by atoms with E-state index in [-0.39, 0.29) is 0 Å². The molecule has 0 aliphatic carbocycles. The summed E-state index contributed by atoms with van der Waals surface area (Å²) in [6, 6.07) is 31.7. The van der Waals surface area contributed by atoms with Crippen LogP contribution in [-0.4, -0.2) is 12.1 Å². The van der Waals surface area contributed by atoms with Crippen LogP contribution in [0.2, 0.25) is 0 Å². The zero-order chi connectivity index (χ0) is 24.5. The van der Waals surface area contributed by atoms with Gasteiger partial charge in [-0.2, -0.15) is 0 Å². The van der Waals surface area contributed by atoms with E-state index < -0.39 is 0 Å². The van der Waals surface area contributed by atoms with Crippen molar-refractivity contribution in [3.8, 4) is 0 Å². The van der Waals surface area contributed by atoms with Crippen molar-refractivity contribution in [3.05, 3.63) is 84.9 Å². The number of benzene rings is 3. The van der Waals surface area contributed by atoms with E-state index in [2.05, 4.69) is 136 Å². The van der Waals surface area contributed by atoms with Gasteiger partial charge in [-0.1, -0.05) is 64.1 Å². The van der Waals surface area contributed by atoms with Crippen LogP contribution in [0.4, 0.5) is 22.7 Å². The number of hydrogen-bond donors (Lipinski definition) is 0. The van der Waals surface area contributed by atoms with Crippen LogP contribution < -0.4 is 9.80 Å². The molecule has 0 saturated heterocycles. The van der Waals surface area contributed by atoms with Gasteiger partial charge in [0.25, 0.3) is 0 Å². The normalized spacial score (nSPS) is 13.2. The molecule has 0 aromatic heterocycles. The van der Waals surface area contributed by atoms with Crippen molar-refractivity contribution in [1.82, 2.24) is 0 Å². The summed E-state index contributed by atoms with van der Waals surface area (Å²) in [6.45, 7) is 14.0. The highest BCUT2D eigenvalue weighted by molar-refractivity contribution is 5.70. The van der Waals surface area contributed by atoms with E-state index in [1.54, 1.807) is 0 Å². The molecular formula is C32H44N2. The molecule has 3 rings (SSSR count). The van der Waals surface area contributed by atoms with E-state index >= 15 is 0 Å². The third kappa shape index (κ3) is 7.13. The summed E-state index contributed by atoms with van der Waals surface area (Å²) in [4.78, 5) is 5.00. The fourth-order valence-electron chi connectivity index (χ4n) is 4.67. The number of anilines is 4. The number of para-hydroxylation sites is 2. The molecule has 0 aliphatic heterocycles. The summed E-state index contributed by atoms with van der Waals surface area (Å²) < 4.78 is 0. The molecule has 0 N–H and O–H groups in total. The van der Waals surface area contributed by atoms with Gasteiger partial charge in [0.15, 0.2) is 0 Å². The lowest BCUT2D eigenvalue weighted by molar-refractivity contribution is 0.509. The Bertz CT molecular complexity index is 867. The lowest BCUT2D eigenvalue weighted by atomic mass is 10.0. The molecule has 3 aromatic rings. The highest BCUT2D eigenvalue weighted by Crippen LogP contribution is 2.35. The average molecular weight is 457 g/mol. The molecule has 0 heterocycles. The Kier molecular flexibility index (Phi) is 9.62.